The second-order valence-corrected chi connectivity index (χ2v) is 5.90. The molecule has 1 fully saturated rings. The first-order chi connectivity index (χ1) is 7.68. The third-order valence-corrected chi connectivity index (χ3v) is 4.32. The molecule has 1 saturated heterocycles. The molecule has 16 heavy (non-hydrogen) atoms. The van der Waals surface area contributed by atoms with Crippen molar-refractivity contribution in [3.8, 4) is 0 Å². The lowest BCUT2D eigenvalue weighted by Crippen LogP contribution is -2.44. The number of hydrogen-bond donors (Lipinski definition) is 1. The number of nitrogens with zero attached hydrogens (tertiary/aromatic N) is 1. The molecule has 0 radical (unpaired) electrons. The van der Waals surface area contributed by atoms with Gasteiger partial charge in [-0.3, -0.25) is 4.90 Å². The van der Waals surface area contributed by atoms with E-state index < -0.39 is 0 Å². The van der Waals surface area contributed by atoms with Gasteiger partial charge in [-0.05, 0) is 30.7 Å². The van der Waals surface area contributed by atoms with Crippen LogP contribution in [0, 0.1) is 0 Å². The van der Waals surface area contributed by atoms with Gasteiger partial charge >= 0.3 is 0 Å². The standard InChI is InChI=1S/C12H16Br2N2/c1-9(16-6-4-15-5-7-16)11-8-10(13)2-3-12(11)14/h2-3,8-9,15H,4-7H2,1H3/t9-/m0/s1. The van der Waals surface area contributed by atoms with Gasteiger partial charge < -0.3 is 5.32 Å². The number of benzene rings is 1. The van der Waals surface area contributed by atoms with Crippen LogP contribution in [0.2, 0.25) is 0 Å². The molecule has 2 rings (SSSR count). The van der Waals surface area contributed by atoms with Gasteiger partial charge in [0.2, 0.25) is 0 Å². The summed E-state index contributed by atoms with van der Waals surface area (Å²) in [5, 5.41) is 3.38. The second-order valence-electron chi connectivity index (χ2n) is 4.13. The van der Waals surface area contributed by atoms with Crippen LogP contribution in [0.5, 0.6) is 0 Å². The molecule has 0 saturated carbocycles. The summed E-state index contributed by atoms with van der Waals surface area (Å²) in [5.74, 6) is 0. The maximum atomic E-state index is 3.63. The Morgan fingerprint density at radius 3 is 2.62 bits per heavy atom. The molecule has 0 aliphatic carbocycles. The molecule has 0 unspecified atom stereocenters. The zero-order valence-corrected chi connectivity index (χ0v) is 12.5. The molecule has 1 atom stereocenters. The second kappa shape index (κ2) is 5.63. The third kappa shape index (κ3) is 2.86. The normalized spacial score (nSPS) is 19.7. The van der Waals surface area contributed by atoms with E-state index in [1.54, 1.807) is 0 Å². The highest BCUT2D eigenvalue weighted by Gasteiger charge is 2.19. The van der Waals surface area contributed by atoms with E-state index in [0.717, 1.165) is 30.7 Å². The van der Waals surface area contributed by atoms with Crippen molar-refractivity contribution in [1.82, 2.24) is 10.2 Å². The van der Waals surface area contributed by atoms with E-state index in [1.807, 2.05) is 0 Å². The van der Waals surface area contributed by atoms with Crippen LogP contribution in [0.1, 0.15) is 18.5 Å². The SMILES string of the molecule is C[C@@H](c1cc(Br)ccc1Br)N1CCNCC1. The van der Waals surface area contributed by atoms with Gasteiger partial charge in [0.1, 0.15) is 0 Å². The smallest absolute Gasteiger partial charge is 0.0332 e. The fraction of sp³-hybridized carbons (Fsp3) is 0.500. The Morgan fingerprint density at radius 2 is 1.94 bits per heavy atom. The Hall–Kier alpha value is 0.1000. The molecule has 1 heterocycles. The van der Waals surface area contributed by atoms with Crippen LogP contribution in [-0.2, 0) is 0 Å². The minimum Gasteiger partial charge on any atom is -0.314 e. The molecule has 0 bridgehead atoms. The van der Waals surface area contributed by atoms with Crippen LogP contribution < -0.4 is 5.32 Å². The Labute approximate surface area is 114 Å². The Morgan fingerprint density at radius 1 is 1.25 bits per heavy atom. The highest BCUT2D eigenvalue weighted by atomic mass is 79.9. The number of hydrogen-bond acceptors (Lipinski definition) is 2. The van der Waals surface area contributed by atoms with Gasteiger partial charge in [0, 0.05) is 41.2 Å². The van der Waals surface area contributed by atoms with Gasteiger partial charge in [-0.1, -0.05) is 31.9 Å². The van der Waals surface area contributed by atoms with Crippen LogP contribution in [0.15, 0.2) is 27.1 Å². The minimum absolute atomic E-state index is 0.467. The van der Waals surface area contributed by atoms with Crippen LogP contribution in [0.25, 0.3) is 0 Å². The highest BCUT2D eigenvalue weighted by molar-refractivity contribution is 9.11. The van der Waals surface area contributed by atoms with Crippen molar-refractivity contribution in [2.75, 3.05) is 26.2 Å². The molecule has 88 valence electrons. The van der Waals surface area contributed by atoms with Crippen LogP contribution in [0.4, 0.5) is 0 Å². The van der Waals surface area contributed by atoms with Crippen molar-refractivity contribution in [2.24, 2.45) is 0 Å². The maximum Gasteiger partial charge on any atom is 0.0332 e. The van der Waals surface area contributed by atoms with Crippen molar-refractivity contribution >= 4 is 31.9 Å². The third-order valence-electron chi connectivity index (χ3n) is 3.11. The van der Waals surface area contributed by atoms with Crippen LogP contribution in [-0.4, -0.2) is 31.1 Å². The Bertz CT molecular complexity index is 362. The molecular formula is C12H16Br2N2. The molecule has 0 amide bonds. The molecule has 1 aliphatic rings. The Kier molecular flexibility index (Phi) is 4.41. The largest absolute Gasteiger partial charge is 0.314 e. The average molecular weight is 348 g/mol. The van der Waals surface area contributed by atoms with E-state index in [1.165, 1.54) is 10.0 Å². The zero-order chi connectivity index (χ0) is 11.5. The van der Waals surface area contributed by atoms with Gasteiger partial charge in [0.25, 0.3) is 0 Å². The van der Waals surface area contributed by atoms with E-state index in [0.29, 0.717) is 6.04 Å². The average Bonchev–Trinajstić information content (AvgIpc) is 2.32. The summed E-state index contributed by atoms with van der Waals surface area (Å²) in [4.78, 5) is 2.52. The van der Waals surface area contributed by atoms with E-state index in [4.69, 9.17) is 0 Å². The first-order valence-electron chi connectivity index (χ1n) is 5.58. The number of nitrogens with one attached hydrogen (secondary N) is 1. The number of piperazine rings is 1. The summed E-state index contributed by atoms with van der Waals surface area (Å²) in [5.41, 5.74) is 1.36. The lowest BCUT2D eigenvalue weighted by molar-refractivity contribution is 0.185. The van der Waals surface area contributed by atoms with Gasteiger partial charge in [0.05, 0.1) is 0 Å². The van der Waals surface area contributed by atoms with E-state index >= 15 is 0 Å². The van der Waals surface area contributed by atoms with E-state index in [9.17, 15) is 0 Å². The Balaban J connectivity index is 2.18. The lowest BCUT2D eigenvalue weighted by Gasteiger charge is -2.33. The summed E-state index contributed by atoms with van der Waals surface area (Å²) in [7, 11) is 0. The van der Waals surface area contributed by atoms with E-state index in [-0.39, 0.29) is 0 Å². The predicted octanol–water partition coefficient (Wildman–Crippen LogP) is 3.18. The molecule has 0 spiro atoms. The van der Waals surface area contributed by atoms with Crippen molar-refractivity contribution < 1.29 is 0 Å². The first kappa shape index (κ1) is 12.6. The maximum absolute atomic E-state index is 3.63. The van der Waals surface area contributed by atoms with Crippen molar-refractivity contribution in [2.45, 2.75) is 13.0 Å². The zero-order valence-electron chi connectivity index (χ0n) is 9.34. The van der Waals surface area contributed by atoms with Crippen LogP contribution in [0.3, 0.4) is 0 Å². The molecule has 1 aromatic carbocycles. The van der Waals surface area contributed by atoms with Gasteiger partial charge in [-0.15, -0.1) is 0 Å². The van der Waals surface area contributed by atoms with Crippen molar-refractivity contribution in [3.63, 3.8) is 0 Å². The molecule has 1 N–H and O–H groups in total. The summed E-state index contributed by atoms with van der Waals surface area (Å²) in [6.07, 6.45) is 0. The fourth-order valence-electron chi connectivity index (χ4n) is 2.10. The molecular weight excluding hydrogens is 332 g/mol. The molecule has 1 aliphatic heterocycles. The highest BCUT2D eigenvalue weighted by Crippen LogP contribution is 2.30. The monoisotopic (exact) mass is 346 g/mol. The minimum atomic E-state index is 0.467. The van der Waals surface area contributed by atoms with Crippen molar-refractivity contribution in [3.05, 3.63) is 32.7 Å². The van der Waals surface area contributed by atoms with Gasteiger partial charge in [-0.25, -0.2) is 0 Å². The van der Waals surface area contributed by atoms with E-state index in [2.05, 4.69) is 67.2 Å². The first-order valence-corrected chi connectivity index (χ1v) is 7.17. The van der Waals surface area contributed by atoms with Crippen LogP contribution >= 0.6 is 31.9 Å². The number of rotatable bonds is 2. The summed E-state index contributed by atoms with van der Waals surface area (Å²) >= 11 is 7.17. The number of halogens is 2. The molecule has 2 nitrogen and oxygen atoms in total. The summed E-state index contributed by atoms with van der Waals surface area (Å²) in [6, 6.07) is 6.85. The molecule has 4 heteroatoms. The fourth-order valence-corrected chi connectivity index (χ4v) is 3.06. The predicted molar refractivity (Wildman–Crippen MR) is 74.7 cm³/mol. The quantitative estimate of drug-likeness (QED) is 0.883. The molecule has 1 aromatic rings. The lowest BCUT2D eigenvalue weighted by atomic mass is 10.1. The van der Waals surface area contributed by atoms with Crippen molar-refractivity contribution in [1.29, 1.82) is 0 Å². The topological polar surface area (TPSA) is 15.3 Å². The van der Waals surface area contributed by atoms with Gasteiger partial charge in [-0.2, -0.15) is 0 Å². The summed E-state index contributed by atoms with van der Waals surface area (Å²) in [6.45, 7) is 6.71. The molecule has 0 aromatic heterocycles. The van der Waals surface area contributed by atoms with Gasteiger partial charge in [0.15, 0.2) is 0 Å². The summed E-state index contributed by atoms with van der Waals surface area (Å²) < 4.78 is 2.34.